The topological polar surface area (TPSA) is 78.7 Å². The molecule has 2 rings (SSSR count). The van der Waals surface area contributed by atoms with E-state index in [0.717, 1.165) is 38.9 Å². The molecule has 102 valence electrons. The maximum Gasteiger partial charge on any atom is 0.251 e. The number of carbonyl (C=O) groups excluding carboxylic acids is 2. The van der Waals surface area contributed by atoms with Crippen molar-refractivity contribution in [1.29, 1.82) is 0 Å². The fourth-order valence-corrected chi connectivity index (χ4v) is 3.02. The first-order chi connectivity index (χ1) is 8.67. The first kappa shape index (κ1) is 13.3. The molecule has 0 aromatic rings. The minimum absolute atomic E-state index is 0.116. The molecular weight excluding hydrogens is 232 g/mol. The van der Waals surface area contributed by atoms with Crippen molar-refractivity contribution in [1.82, 2.24) is 15.2 Å². The molecule has 2 aliphatic heterocycles. The van der Waals surface area contributed by atoms with Gasteiger partial charge in [-0.3, -0.25) is 19.9 Å². The molecule has 0 spiro atoms. The van der Waals surface area contributed by atoms with E-state index >= 15 is 0 Å². The fourth-order valence-electron chi connectivity index (χ4n) is 3.02. The monoisotopic (exact) mass is 254 g/mol. The van der Waals surface area contributed by atoms with Gasteiger partial charge in [0.15, 0.2) is 0 Å². The van der Waals surface area contributed by atoms with Crippen LogP contribution in [0.4, 0.5) is 0 Å². The highest BCUT2D eigenvalue weighted by atomic mass is 16.2. The van der Waals surface area contributed by atoms with Crippen LogP contribution in [0.5, 0.6) is 0 Å². The highest BCUT2D eigenvalue weighted by Gasteiger charge is 2.38. The average Bonchev–Trinajstić information content (AvgIpc) is 2.76. The van der Waals surface area contributed by atoms with Gasteiger partial charge in [0.05, 0.1) is 6.04 Å². The summed E-state index contributed by atoms with van der Waals surface area (Å²) in [6.07, 6.45) is 3.32. The average molecular weight is 254 g/mol. The van der Waals surface area contributed by atoms with Crippen LogP contribution in [0, 0.1) is 0 Å². The van der Waals surface area contributed by atoms with Crippen molar-refractivity contribution in [3.05, 3.63) is 0 Å². The molecule has 2 saturated heterocycles. The Morgan fingerprint density at radius 1 is 1.56 bits per heavy atom. The number of amides is 2. The van der Waals surface area contributed by atoms with E-state index in [-0.39, 0.29) is 23.9 Å². The van der Waals surface area contributed by atoms with E-state index < -0.39 is 0 Å². The summed E-state index contributed by atoms with van der Waals surface area (Å²) in [5.41, 5.74) is 2.25. The molecule has 3 N–H and O–H groups in total. The molecule has 0 aliphatic carbocycles. The molecule has 0 saturated carbocycles. The molecular formula is C12H22N4O2. The van der Waals surface area contributed by atoms with Crippen LogP contribution in [0.15, 0.2) is 0 Å². The maximum atomic E-state index is 11.8. The Labute approximate surface area is 107 Å². The highest BCUT2D eigenvalue weighted by molar-refractivity contribution is 5.81. The smallest absolute Gasteiger partial charge is 0.251 e. The molecule has 6 heteroatoms. The molecule has 0 aromatic carbocycles. The lowest BCUT2D eigenvalue weighted by atomic mass is 10.1. The van der Waals surface area contributed by atoms with Crippen LogP contribution in [0.2, 0.25) is 0 Å². The Bertz CT molecular complexity index is 334. The van der Waals surface area contributed by atoms with Gasteiger partial charge in [-0.05, 0) is 12.8 Å². The fraction of sp³-hybridized carbons (Fsp3) is 0.833. The maximum absolute atomic E-state index is 11.8. The zero-order valence-corrected chi connectivity index (χ0v) is 10.9. The predicted molar refractivity (Wildman–Crippen MR) is 67.3 cm³/mol. The minimum Gasteiger partial charge on any atom is -0.337 e. The number of nitrogens with two attached hydrogens (primary N) is 1. The van der Waals surface area contributed by atoms with E-state index in [1.54, 1.807) is 0 Å². The van der Waals surface area contributed by atoms with Gasteiger partial charge in [0.25, 0.3) is 5.91 Å². The van der Waals surface area contributed by atoms with E-state index in [1.807, 2.05) is 4.90 Å². The van der Waals surface area contributed by atoms with Gasteiger partial charge in [-0.25, -0.2) is 5.84 Å². The van der Waals surface area contributed by atoms with Gasteiger partial charge in [0, 0.05) is 32.1 Å². The van der Waals surface area contributed by atoms with Gasteiger partial charge in [-0.2, -0.15) is 0 Å². The Kier molecular flexibility index (Phi) is 4.19. The number of rotatable bonds is 4. The minimum atomic E-state index is -0.155. The Hall–Kier alpha value is -1.14. The molecule has 2 aliphatic rings. The molecule has 2 amide bonds. The van der Waals surface area contributed by atoms with Crippen LogP contribution < -0.4 is 11.3 Å². The first-order valence-corrected chi connectivity index (χ1v) is 6.71. The third kappa shape index (κ3) is 2.49. The quantitative estimate of drug-likeness (QED) is 0.401. The lowest BCUT2D eigenvalue weighted by molar-refractivity contribution is -0.133. The zero-order valence-electron chi connectivity index (χ0n) is 10.9. The van der Waals surface area contributed by atoms with Crippen LogP contribution in [0.1, 0.15) is 32.6 Å². The number of fused-ring (bicyclic) bond motifs is 1. The number of piperazine rings is 1. The van der Waals surface area contributed by atoms with E-state index in [0.29, 0.717) is 6.42 Å². The number of hydrazine groups is 1. The van der Waals surface area contributed by atoms with Crippen molar-refractivity contribution in [3.8, 4) is 0 Å². The highest BCUT2D eigenvalue weighted by Crippen LogP contribution is 2.24. The SMILES string of the molecule is CCCC(C(=O)NN)N1CCN2C(=O)CCC2C1. The van der Waals surface area contributed by atoms with Crippen LogP contribution >= 0.6 is 0 Å². The molecule has 6 nitrogen and oxygen atoms in total. The third-order valence-corrected chi connectivity index (χ3v) is 3.97. The number of nitrogens with one attached hydrogen (secondary N) is 1. The summed E-state index contributed by atoms with van der Waals surface area (Å²) >= 11 is 0. The third-order valence-electron chi connectivity index (χ3n) is 3.97. The summed E-state index contributed by atoms with van der Waals surface area (Å²) in [6.45, 7) is 4.36. The lowest BCUT2D eigenvalue weighted by Gasteiger charge is -2.40. The van der Waals surface area contributed by atoms with Crippen LogP contribution in [-0.2, 0) is 9.59 Å². The van der Waals surface area contributed by atoms with E-state index in [4.69, 9.17) is 5.84 Å². The van der Waals surface area contributed by atoms with Gasteiger partial charge >= 0.3 is 0 Å². The van der Waals surface area contributed by atoms with Crippen molar-refractivity contribution in [3.63, 3.8) is 0 Å². The van der Waals surface area contributed by atoms with E-state index in [9.17, 15) is 9.59 Å². The Morgan fingerprint density at radius 2 is 2.33 bits per heavy atom. The van der Waals surface area contributed by atoms with Crippen molar-refractivity contribution in [2.75, 3.05) is 19.6 Å². The van der Waals surface area contributed by atoms with Crippen molar-refractivity contribution >= 4 is 11.8 Å². The summed E-state index contributed by atoms with van der Waals surface area (Å²) in [5, 5.41) is 0. The van der Waals surface area contributed by atoms with Gasteiger partial charge in [-0.1, -0.05) is 13.3 Å². The Balaban J connectivity index is 2.00. The van der Waals surface area contributed by atoms with Crippen LogP contribution in [0.25, 0.3) is 0 Å². The van der Waals surface area contributed by atoms with Crippen LogP contribution in [-0.4, -0.2) is 53.3 Å². The molecule has 0 bridgehead atoms. The van der Waals surface area contributed by atoms with Crippen molar-refractivity contribution < 1.29 is 9.59 Å². The zero-order chi connectivity index (χ0) is 13.1. The summed E-state index contributed by atoms with van der Waals surface area (Å²) in [6, 6.07) is 0.133. The van der Waals surface area contributed by atoms with Gasteiger partial charge in [0.1, 0.15) is 0 Å². The predicted octanol–water partition coefficient (Wildman–Crippen LogP) is -0.548. The molecule has 2 atom stereocenters. The largest absolute Gasteiger partial charge is 0.337 e. The van der Waals surface area contributed by atoms with Crippen LogP contribution in [0.3, 0.4) is 0 Å². The van der Waals surface area contributed by atoms with Crippen molar-refractivity contribution in [2.24, 2.45) is 5.84 Å². The lowest BCUT2D eigenvalue weighted by Crippen LogP contribution is -2.58. The molecule has 18 heavy (non-hydrogen) atoms. The molecule has 0 radical (unpaired) electrons. The van der Waals surface area contributed by atoms with Gasteiger partial charge in [-0.15, -0.1) is 0 Å². The van der Waals surface area contributed by atoms with Crippen molar-refractivity contribution in [2.45, 2.75) is 44.7 Å². The summed E-state index contributed by atoms with van der Waals surface area (Å²) in [4.78, 5) is 27.5. The summed E-state index contributed by atoms with van der Waals surface area (Å²) in [5.74, 6) is 5.39. The molecule has 2 fully saturated rings. The van der Waals surface area contributed by atoms with Gasteiger partial charge < -0.3 is 4.90 Å². The van der Waals surface area contributed by atoms with E-state index in [1.165, 1.54) is 0 Å². The molecule has 2 heterocycles. The second-order valence-corrected chi connectivity index (χ2v) is 5.09. The molecule has 2 unspecified atom stereocenters. The second-order valence-electron chi connectivity index (χ2n) is 5.09. The number of nitrogens with zero attached hydrogens (tertiary/aromatic N) is 2. The normalized spacial score (nSPS) is 26.0. The molecule has 0 aromatic heterocycles. The number of hydrogen-bond donors (Lipinski definition) is 2. The Morgan fingerprint density at radius 3 is 3.00 bits per heavy atom. The summed E-state index contributed by atoms with van der Waals surface area (Å²) < 4.78 is 0. The number of hydrogen-bond acceptors (Lipinski definition) is 4. The number of carbonyl (C=O) groups is 2. The van der Waals surface area contributed by atoms with E-state index in [2.05, 4.69) is 17.2 Å². The standard InChI is InChI=1S/C12H22N4O2/c1-2-3-10(12(18)14-13)15-6-7-16-9(8-15)4-5-11(16)17/h9-10H,2-8,13H2,1H3,(H,14,18). The second kappa shape index (κ2) is 5.67. The first-order valence-electron chi connectivity index (χ1n) is 6.71. The van der Waals surface area contributed by atoms with Gasteiger partial charge in [0.2, 0.25) is 5.91 Å². The summed E-state index contributed by atoms with van der Waals surface area (Å²) in [7, 11) is 0.